The molecular formula is C13H12IN. The van der Waals surface area contributed by atoms with Gasteiger partial charge in [0.05, 0.1) is 0 Å². The van der Waals surface area contributed by atoms with Crippen molar-refractivity contribution in [2.45, 2.75) is 13.8 Å². The highest BCUT2D eigenvalue weighted by Gasteiger charge is 2.03. The molecule has 0 fully saturated rings. The van der Waals surface area contributed by atoms with Crippen LogP contribution >= 0.6 is 22.6 Å². The lowest BCUT2D eigenvalue weighted by Crippen LogP contribution is -1.88. The Balaban J connectivity index is 2.53. The lowest BCUT2D eigenvalue weighted by Gasteiger charge is -2.06. The van der Waals surface area contributed by atoms with Gasteiger partial charge in [0.2, 0.25) is 0 Å². The van der Waals surface area contributed by atoms with E-state index >= 15 is 0 Å². The molecule has 0 aliphatic heterocycles. The molecule has 0 bridgehead atoms. The third-order valence-corrected chi connectivity index (χ3v) is 3.01. The third kappa shape index (κ3) is 2.37. The number of halogens is 1. The molecule has 0 atom stereocenters. The lowest BCUT2D eigenvalue weighted by atomic mass is 10.0. The standard InChI is InChI=1S/C13H12IN/c1-9-3-5-11(6-4-9)13-7-12(14)8-15-10(13)2/h3-8H,1-2H3. The molecule has 2 heteroatoms. The van der Waals surface area contributed by atoms with E-state index in [0.717, 1.165) is 5.69 Å². The molecule has 0 aliphatic carbocycles. The van der Waals surface area contributed by atoms with E-state index in [-0.39, 0.29) is 0 Å². The van der Waals surface area contributed by atoms with Crippen LogP contribution in [0.15, 0.2) is 36.5 Å². The van der Waals surface area contributed by atoms with Crippen molar-refractivity contribution in [2.24, 2.45) is 0 Å². The first-order valence-electron chi connectivity index (χ1n) is 4.86. The highest BCUT2D eigenvalue weighted by atomic mass is 127. The van der Waals surface area contributed by atoms with Crippen LogP contribution in [0.25, 0.3) is 11.1 Å². The van der Waals surface area contributed by atoms with Gasteiger partial charge in [-0.15, -0.1) is 0 Å². The van der Waals surface area contributed by atoms with Gasteiger partial charge >= 0.3 is 0 Å². The van der Waals surface area contributed by atoms with Crippen LogP contribution in [0, 0.1) is 17.4 Å². The summed E-state index contributed by atoms with van der Waals surface area (Å²) in [6, 6.07) is 10.7. The van der Waals surface area contributed by atoms with Gasteiger partial charge in [0.15, 0.2) is 0 Å². The van der Waals surface area contributed by atoms with Gasteiger partial charge in [-0.05, 0) is 48.1 Å². The highest BCUT2D eigenvalue weighted by molar-refractivity contribution is 14.1. The molecule has 15 heavy (non-hydrogen) atoms. The molecule has 1 heterocycles. The van der Waals surface area contributed by atoms with Crippen molar-refractivity contribution < 1.29 is 0 Å². The molecule has 2 aromatic rings. The minimum absolute atomic E-state index is 1.08. The van der Waals surface area contributed by atoms with Crippen LogP contribution in [-0.4, -0.2) is 4.98 Å². The number of hydrogen-bond donors (Lipinski definition) is 0. The Morgan fingerprint density at radius 2 is 1.73 bits per heavy atom. The van der Waals surface area contributed by atoms with Gasteiger partial charge in [-0.3, -0.25) is 4.98 Å². The summed E-state index contributed by atoms with van der Waals surface area (Å²) in [5, 5.41) is 0. The average Bonchev–Trinajstić information content (AvgIpc) is 2.23. The normalized spacial score (nSPS) is 10.3. The highest BCUT2D eigenvalue weighted by Crippen LogP contribution is 2.23. The molecule has 0 amide bonds. The summed E-state index contributed by atoms with van der Waals surface area (Å²) in [5.74, 6) is 0. The monoisotopic (exact) mass is 309 g/mol. The number of aryl methyl sites for hydroxylation is 2. The maximum Gasteiger partial charge on any atom is 0.0451 e. The van der Waals surface area contributed by atoms with Gasteiger partial charge in [0.25, 0.3) is 0 Å². The smallest absolute Gasteiger partial charge is 0.0451 e. The molecule has 1 aromatic carbocycles. The Bertz CT molecular complexity index is 474. The summed E-state index contributed by atoms with van der Waals surface area (Å²) < 4.78 is 1.17. The van der Waals surface area contributed by atoms with Gasteiger partial charge in [-0.25, -0.2) is 0 Å². The molecular weight excluding hydrogens is 297 g/mol. The van der Waals surface area contributed by atoms with Crippen LogP contribution in [0.5, 0.6) is 0 Å². The Morgan fingerprint density at radius 1 is 1.07 bits per heavy atom. The van der Waals surface area contributed by atoms with Crippen LogP contribution in [0.3, 0.4) is 0 Å². The molecule has 0 aliphatic rings. The summed E-state index contributed by atoms with van der Waals surface area (Å²) in [6.45, 7) is 4.15. The van der Waals surface area contributed by atoms with Crippen molar-refractivity contribution in [3.63, 3.8) is 0 Å². The number of benzene rings is 1. The molecule has 0 saturated heterocycles. The second-order valence-corrected chi connectivity index (χ2v) is 4.90. The summed E-state index contributed by atoms with van der Waals surface area (Å²) >= 11 is 2.29. The van der Waals surface area contributed by atoms with Crippen molar-refractivity contribution in [3.8, 4) is 11.1 Å². The summed E-state index contributed by atoms with van der Waals surface area (Å²) in [7, 11) is 0. The number of aromatic nitrogens is 1. The Kier molecular flexibility index (Phi) is 3.05. The quantitative estimate of drug-likeness (QED) is 0.726. The van der Waals surface area contributed by atoms with E-state index in [4.69, 9.17) is 0 Å². The fraction of sp³-hybridized carbons (Fsp3) is 0.154. The fourth-order valence-corrected chi connectivity index (χ4v) is 1.98. The maximum absolute atomic E-state index is 4.37. The molecule has 2 rings (SSSR count). The van der Waals surface area contributed by atoms with Crippen molar-refractivity contribution in [1.29, 1.82) is 0 Å². The van der Waals surface area contributed by atoms with Crippen LogP contribution in [-0.2, 0) is 0 Å². The van der Waals surface area contributed by atoms with E-state index in [1.165, 1.54) is 20.3 Å². The van der Waals surface area contributed by atoms with Gasteiger partial charge in [-0.1, -0.05) is 29.8 Å². The minimum Gasteiger partial charge on any atom is -0.260 e. The summed E-state index contributed by atoms with van der Waals surface area (Å²) in [4.78, 5) is 4.37. The van der Waals surface area contributed by atoms with Gasteiger partial charge in [0, 0.05) is 21.0 Å². The molecule has 0 saturated carbocycles. The van der Waals surface area contributed by atoms with Crippen molar-refractivity contribution in [2.75, 3.05) is 0 Å². The molecule has 0 spiro atoms. The molecule has 1 nitrogen and oxygen atoms in total. The van der Waals surface area contributed by atoms with Gasteiger partial charge in [0.1, 0.15) is 0 Å². The average molecular weight is 309 g/mol. The van der Waals surface area contributed by atoms with Gasteiger partial charge in [-0.2, -0.15) is 0 Å². The van der Waals surface area contributed by atoms with Crippen LogP contribution in [0.4, 0.5) is 0 Å². The number of pyridine rings is 1. The van der Waals surface area contributed by atoms with Crippen molar-refractivity contribution >= 4 is 22.6 Å². The van der Waals surface area contributed by atoms with E-state index in [2.05, 4.69) is 64.8 Å². The molecule has 1 aromatic heterocycles. The first-order valence-corrected chi connectivity index (χ1v) is 5.94. The third-order valence-electron chi connectivity index (χ3n) is 2.42. The second-order valence-electron chi connectivity index (χ2n) is 3.65. The molecule has 0 unspecified atom stereocenters. The Morgan fingerprint density at radius 3 is 2.40 bits per heavy atom. The molecule has 0 radical (unpaired) electrons. The van der Waals surface area contributed by atoms with Crippen molar-refractivity contribution in [1.82, 2.24) is 4.98 Å². The van der Waals surface area contributed by atoms with E-state index in [0.29, 0.717) is 0 Å². The zero-order chi connectivity index (χ0) is 10.8. The second kappa shape index (κ2) is 4.31. The largest absolute Gasteiger partial charge is 0.260 e. The van der Waals surface area contributed by atoms with Crippen LogP contribution < -0.4 is 0 Å². The van der Waals surface area contributed by atoms with E-state index in [1.54, 1.807) is 0 Å². The number of rotatable bonds is 1. The zero-order valence-electron chi connectivity index (χ0n) is 8.79. The Hall–Kier alpha value is -0.900. The topological polar surface area (TPSA) is 12.9 Å². The van der Waals surface area contributed by atoms with E-state index in [1.807, 2.05) is 13.1 Å². The molecule has 0 N–H and O–H groups in total. The van der Waals surface area contributed by atoms with Crippen molar-refractivity contribution in [3.05, 3.63) is 51.4 Å². The lowest BCUT2D eigenvalue weighted by molar-refractivity contribution is 1.19. The fourth-order valence-electron chi connectivity index (χ4n) is 1.53. The SMILES string of the molecule is Cc1ccc(-c2cc(I)cnc2C)cc1. The minimum atomic E-state index is 1.08. The number of nitrogens with zero attached hydrogens (tertiary/aromatic N) is 1. The summed E-state index contributed by atoms with van der Waals surface area (Å²) in [6.07, 6.45) is 1.90. The predicted molar refractivity (Wildman–Crippen MR) is 71.9 cm³/mol. The van der Waals surface area contributed by atoms with Gasteiger partial charge < -0.3 is 0 Å². The first-order chi connectivity index (χ1) is 7.16. The van der Waals surface area contributed by atoms with E-state index in [9.17, 15) is 0 Å². The molecule has 76 valence electrons. The maximum atomic E-state index is 4.37. The first kappa shape index (κ1) is 10.6. The van der Waals surface area contributed by atoms with Crippen LogP contribution in [0.1, 0.15) is 11.3 Å². The van der Waals surface area contributed by atoms with Crippen LogP contribution in [0.2, 0.25) is 0 Å². The number of hydrogen-bond acceptors (Lipinski definition) is 1. The van der Waals surface area contributed by atoms with E-state index < -0.39 is 0 Å². The summed E-state index contributed by atoms with van der Waals surface area (Å²) in [5.41, 5.74) is 4.83. The Labute approximate surface area is 104 Å². The zero-order valence-corrected chi connectivity index (χ0v) is 10.9. The predicted octanol–water partition coefficient (Wildman–Crippen LogP) is 3.97.